The molecule has 4 N–H and O–H groups in total. The molecule has 2 heterocycles. The summed E-state index contributed by atoms with van der Waals surface area (Å²) in [7, 11) is 1.79. The third-order valence-corrected chi connectivity index (χ3v) is 4.21. The fourth-order valence-corrected chi connectivity index (χ4v) is 2.89. The molecule has 2 rings (SSSR count). The lowest BCUT2D eigenvalue weighted by Gasteiger charge is -2.15. The normalized spacial score (nSPS) is 10.6. The van der Waals surface area contributed by atoms with Crippen molar-refractivity contribution >= 4 is 28.3 Å². The van der Waals surface area contributed by atoms with Crippen molar-refractivity contribution < 1.29 is 9.21 Å². The lowest BCUT2D eigenvalue weighted by atomic mass is 10.2. The predicted molar refractivity (Wildman–Crippen MR) is 96.4 cm³/mol. The minimum atomic E-state index is -0.127. The molecule has 2 aromatic heterocycles. The number of carbonyl (C=O) groups excluding carboxylic acids is 1. The average molecular weight is 349 g/mol. The Morgan fingerprint density at radius 2 is 2.12 bits per heavy atom. The van der Waals surface area contributed by atoms with Gasteiger partial charge in [-0.1, -0.05) is 26.2 Å². The maximum Gasteiger partial charge on any atom is 0.289 e. The summed E-state index contributed by atoms with van der Waals surface area (Å²) in [4.78, 5) is 22.2. The van der Waals surface area contributed by atoms with Crippen molar-refractivity contribution in [3.8, 4) is 11.5 Å². The Bertz CT molecular complexity index is 703. The molecule has 0 unspecified atom stereocenters. The Hall–Kier alpha value is -2.35. The summed E-state index contributed by atoms with van der Waals surface area (Å²) in [6.45, 7) is 2.89. The number of furan rings is 1. The third kappa shape index (κ3) is 4.82. The van der Waals surface area contributed by atoms with Crippen LogP contribution in [-0.4, -0.2) is 35.3 Å². The van der Waals surface area contributed by atoms with Gasteiger partial charge >= 0.3 is 0 Å². The summed E-state index contributed by atoms with van der Waals surface area (Å²) in [6, 6.07) is 3.40. The molecular formula is C16H23N5O2S. The Labute approximate surface area is 145 Å². The second-order valence-electron chi connectivity index (χ2n) is 5.50. The van der Waals surface area contributed by atoms with Gasteiger partial charge in [0.05, 0.1) is 0 Å². The summed E-state index contributed by atoms with van der Waals surface area (Å²) in [6.07, 6.45) is 4.49. The maximum absolute atomic E-state index is 12.4. The first-order chi connectivity index (χ1) is 11.5. The first kappa shape index (κ1) is 18.0. The van der Waals surface area contributed by atoms with Crippen LogP contribution in [0, 0.1) is 0 Å². The molecule has 130 valence electrons. The molecule has 7 nitrogen and oxygen atoms in total. The van der Waals surface area contributed by atoms with Gasteiger partial charge in [0.2, 0.25) is 5.13 Å². The van der Waals surface area contributed by atoms with Gasteiger partial charge in [-0.15, -0.1) is 11.3 Å². The summed E-state index contributed by atoms with van der Waals surface area (Å²) in [5.74, 6) is 0.652. The monoisotopic (exact) mass is 349 g/mol. The van der Waals surface area contributed by atoms with Crippen LogP contribution in [0.1, 0.15) is 43.2 Å². The van der Waals surface area contributed by atoms with E-state index >= 15 is 0 Å². The van der Waals surface area contributed by atoms with E-state index in [4.69, 9.17) is 15.9 Å². The van der Waals surface area contributed by atoms with Gasteiger partial charge in [0.25, 0.3) is 5.91 Å². The second kappa shape index (κ2) is 8.49. The number of thiazole rings is 1. The topological polar surface area (TPSA) is 111 Å². The van der Waals surface area contributed by atoms with Crippen LogP contribution in [0.4, 0.5) is 5.13 Å². The SMILES string of the molecule is CCCCCCN(C)C(=O)c1ccc(-c2csc(N=C(N)N)n2)o1. The summed E-state index contributed by atoms with van der Waals surface area (Å²) in [5, 5.41) is 2.23. The highest BCUT2D eigenvalue weighted by atomic mass is 32.1. The molecule has 0 spiro atoms. The quantitative estimate of drug-likeness (QED) is 0.432. The van der Waals surface area contributed by atoms with Crippen LogP contribution >= 0.6 is 11.3 Å². The molecule has 0 radical (unpaired) electrons. The van der Waals surface area contributed by atoms with E-state index in [9.17, 15) is 4.79 Å². The molecule has 0 bridgehead atoms. The number of nitrogens with two attached hydrogens (primary N) is 2. The fourth-order valence-electron chi connectivity index (χ4n) is 2.20. The van der Waals surface area contributed by atoms with Crippen molar-refractivity contribution in [1.29, 1.82) is 0 Å². The van der Waals surface area contributed by atoms with Crippen LogP contribution in [-0.2, 0) is 0 Å². The molecule has 0 aliphatic rings. The zero-order valence-electron chi connectivity index (χ0n) is 14.0. The van der Waals surface area contributed by atoms with Crippen LogP contribution in [0.15, 0.2) is 26.9 Å². The van der Waals surface area contributed by atoms with Crippen LogP contribution in [0.3, 0.4) is 0 Å². The van der Waals surface area contributed by atoms with Gasteiger partial charge in [-0.2, -0.15) is 4.99 Å². The first-order valence-corrected chi connectivity index (χ1v) is 8.80. The molecule has 1 amide bonds. The van der Waals surface area contributed by atoms with E-state index in [0.717, 1.165) is 19.4 Å². The molecule has 0 aromatic carbocycles. The number of rotatable bonds is 8. The number of aromatic nitrogens is 1. The lowest BCUT2D eigenvalue weighted by molar-refractivity contribution is 0.0762. The molecule has 24 heavy (non-hydrogen) atoms. The highest BCUT2D eigenvalue weighted by Crippen LogP contribution is 2.28. The Morgan fingerprint density at radius 1 is 1.33 bits per heavy atom. The Balaban J connectivity index is 2.00. The standard InChI is InChI=1S/C16H23N5O2S/c1-3-4-5-6-9-21(2)14(22)13-8-7-12(23-13)11-10-24-16(19-11)20-15(17)18/h7-8,10H,3-6,9H2,1-2H3,(H4,17,18,19,20). The smallest absolute Gasteiger partial charge is 0.289 e. The van der Waals surface area contributed by atoms with Gasteiger partial charge in [-0.25, -0.2) is 4.98 Å². The molecule has 0 saturated heterocycles. The average Bonchev–Trinajstić information content (AvgIpc) is 3.19. The highest BCUT2D eigenvalue weighted by Gasteiger charge is 2.17. The van der Waals surface area contributed by atoms with Crippen LogP contribution in [0.5, 0.6) is 0 Å². The molecule has 0 aliphatic heterocycles. The number of hydrogen-bond donors (Lipinski definition) is 2. The number of aliphatic imine (C=N–C) groups is 1. The molecular weight excluding hydrogens is 326 g/mol. The maximum atomic E-state index is 12.4. The first-order valence-electron chi connectivity index (χ1n) is 7.92. The number of nitrogens with zero attached hydrogens (tertiary/aromatic N) is 3. The van der Waals surface area contributed by atoms with E-state index < -0.39 is 0 Å². The molecule has 2 aromatic rings. The van der Waals surface area contributed by atoms with Crippen molar-refractivity contribution in [3.05, 3.63) is 23.3 Å². The van der Waals surface area contributed by atoms with E-state index in [-0.39, 0.29) is 11.9 Å². The highest BCUT2D eigenvalue weighted by molar-refractivity contribution is 7.13. The molecule has 0 atom stereocenters. The van der Waals surface area contributed by atoms with Gasteiger partial charge in [-0.3, -0.25) is 4.79 Å². The minimum absolute atomic E-state index is 0.0455. The summed E-state index contributed by atoms with van der Waals surface area (Å²) < 4.78 is 5.64. The molecule has 0 saturated carbocycles. The van der Waals surface area contributed by atoms with Crippen LogP contribution in [0.2, 0.25) is 0 Å². The number of guanidine groups is 1. The predicted octanol–water partition coefficient (Wildman–Crippen LogP) is 2.96. The molecule has 0 aliphatic carbocycles. The molecule has 8 heteroatoms. The van der Waals surface area contributed by atoms with Crippen molar-refractivity contribution in [3.63, 3.8) is 0 Å². The van der Waals surface area contributed by atoms with Gasteiger partial charge in [0.15, 0.2) is 17.5 Å². The number of hydrogen-bond acceptors (Lipinski definition) is 5. The van der Waals surface area contributed by atoms with Gasteiger partial charge in [0.1, 0.15) is 5.69 Å². The van der Waals surface area contributed by atoms with E-state index in [1.807, 2.05) is 0 Å². The van der Waals surface area contributed by atoms with E-state index in [1.165, 1.54) is 24.2 Å². The fraction of sp³-hybridized carbons (Fsp3) is 0.438. The van der Waals surface area contributed by atoms with Gasteiger partial charge in [0, 0.05) is 19.0 Å². The zero-order chi connectivity index (χ0) is 17.5. The minimum Gasteiger partial charge on any atom is -0.449 e. The second-order valence-corrected chi connectivity index (χ2v) is 6.34. The zero-order valence-corrected chi connectivity index (χ0v) is 14.8. The number of amides is 1. The van der Waals surface area contributed by atoms with E-state index in [1.54, 1.807) is 29.5 Å². The van der Waals surface area contributed by atoms with Gasteiger partial charge < -0.3 is 20.8 Å². The Kier molecular flexibility index (Phi) is 6.36. The molecule has 0 fully saturated rings. The van der Waals surface area contributed by atoms with E-state index in [0.29, 0.717) is 22.3 Å². The lowest BCUT2D eigenvalue weighted by Crippen LogP contribution is -2.27. The van der Waals surface area contributed by atoms with Crippen molar-refractivity contribution in [2.24, 2.45) is 16.5 Å². The number of carbonyl (C=O) groups is 1. The van der Waals surface area contributed by atoms with E-state index in [2.05, 4.69) is 16.9 Å². The summed E-state index contributed by atoms with van der Waals surface area (Å²) >= 11 is 1.30. The van der Waals surface area contributed by atoms with Crippen LogP contribution in [0.25, 0.3) is 11.5 Å². The third-order valence-electron chi connectivity index (χ3n) is 3.48. The van der Waals surface area contributed by atoms with Crippen molar-refractivity contribution in [1.82, 2.24) is 9.88 Å². The number of unbranched alkanes of at least 4 members (excludes halogenated alkanes) is 3. The Morgan fingerprint density at radius 3 is 2.83 bits per heavy atom. The largest absolute Gasteiger partial charge is 0.449 e. The van der Waals surface area contributed by atoms with Crippen molar-refractivity contribution in [2.45, 2.75) is 32.6 Å². The summed E-state index contributed by atoms with van der Waals surface area (Å²) in [5.41, 5.74) is 11.3. The van der Waals surface area contributed by atoms with Crippen molar-refractivity contribution in [2.75, 3.05) is 13.6 Å². The van der Waals surface area contributed by atoms with Crippen LogP contribution < -0.4 is 11.5 Å². The van der Waals surface area contributed by atoms with Gasteiger partial charge in [-0.05, 0) is 18.6 Å².